The first-order valence-electron chi connectivity index (χ1n) is 8.03. The third-order valence-corrected chi connectivity index (χ3v) is 5.59. The van der Waals surface area contributed by atoms with E-state index in [2.05, 4.69) is 15.3 Å². The first-order chi connectivity index (χ1) is 11.6. The second kappa shape index (κ2) is 10.2. The van der Waals surface area contributed by atoms with Crippen molar-refractivity contribution in [2.75, 3.05) is 26.7 Å². The summed E-state index contributed by atoms with van der Waals surface area (Å²) >= 11 is 1.43. The summed E-state index contributed by atoms with van der Waals surface area (Å²) in [6.07, 6.45) is 3.47. The van der Waals surface area contributed by atoms with Crippen LogP contribution in [0.1, 0.15) is 45.0 Å². The number of amides is 1. The molecular weight excluding hydrogens is 395 g/mol. The molecule has 0 aromatic carbocycles. The second-order valence-electron chi connectivity index (χ2n) is 5.85. The van der Waals surface area contributed by atoms with Gasteiger partial charge >= 0.3 is 0 Å². The molecule has 0 aliphatic carbocycles. The lowest BCUT2D eigenvalue weighted by molar-refractivity contribution is 0.0638. The number of hydrogen-bond acceptors (Lipinski definition) is 6. The molecular formula is C17H24Cl2N4O2S. The number of thiazole rings is 1. The third-order valence-electron chi connectivity index (χ3n) is 4.28. The number of carbonyl (C=O) groups is 1. The molecule has 2 unspecified atom stereocenters. The summed E-state index contributed by atoms with van der Waals surface area (Å²) in [4.78, 5) is 24.5. The molecule has 1 saturated heterocycles. The Balaban J connectivity index is 0.00000169. The Hall–Kier alpha value is -1.25. The minimum atomic E-state index is -0.104. The monoisotopic (exact) mass is 418 g/mol. The molecule has 1 fully saturated rings. The molecule has 1 aliphatic heterocycles. The van der Waals surface area contributed by atoms with Crippen LogP contribution < -0.4 is 5.32 Å². The van der Waals surface area contributed by atoms with Crippen molar-refractivity contribution < 1.29 is 9.53 Å². The van der Waals surface area contributed by atoms with Crippen LogP contribution in [0.15, 0.2) is 24.5 Å². The van der Waals surface area contributed by atoms with Crippen molar-refractivity contribution in [1.82, 2.24) is 20.2 Å². The van der Waals surface area contributed by atoms with Gasteiger partial charge in [0.1, 0.15) is 16.0 Å². The first kappa shape index (κ1) is 22.8. The average Bonchev–Trinajstić information content (AvgIpc) is 3.03. The van der Waals surface area contributed by atoms with Gasteiger partial charge in [0.2, 0.25) is 0 Å². The van der Waals surface area contributed by atoms with Gasteiger partial charge in [0, 0.05) is 39.1 Å². The van der Waals surface area contributed by atoms with Crippen LogP contribution >= 0.6 is 36.2 Å². The standard InChI is InChI=1S/C17H22N4O2S.2ClH/c1-11-15(24-16(20-11)12(2)23-3)17(22)21-8-7-19-10-14(21)13-5-4-6-18-9-13;;/h4-6,9,12,14,19H,7-8,10H2,1-3H3;2*1H. The van der Waals surface area contributed by atoms with Gasteiger partial charge < -0.3 is 15.0 Å². The number of ether oxygens (including phenoxy) is 1. The number of pyridine rings is 1. The largest absolute Gasteiger partial charge is 0.375 e. The maximum atomic E-state index is 13.1. The fraction of sp³-hybridized carbons (Fsp3) is 0.471. The highest BCUT2D eigenvalue weighted by Crippen LogP contribution is 2.30. The lowest BCUT2D eigenvalue weighted by atomic mass is 10.0. The van der Waals surface area contributed by atoms with Gasteiger partial charge in [0.25, 0.3) is 5.91 Å². The van der Waals surface area contributed by atoms with E-state index in [0.29, 0.717) is 11.4 Å². The van der Waals surface area contributed by atoms with Crippen LogP contribution in [-0.2, 0) is 4.74 Å². The summed E-state index contributed by atoms with van der Waals surface area (Å²) in [5.41, 5.74) is 1.82. The second-order valence-corrected chi connectivity index (χ2v) is 6.88. The number of aryl methyl sites for hydroxylation is 1. The van der Waals surface area contributed by atoms with E-state index >= 15 is 0 Å². The minimum absolute atomic E-state index is 0. The van der Waals surface area contributed by atoms with Crippen molar-refractivity contribution in [3.8, 4) is 0 Å². The average molecular weight is 419 g/mol. The maximum absolute atomic E-state index is 13.1. The highest BCUT2D eigenvalue weighted by molar-refractivity contribution is 7.13. The van der Waals surface area contributed by atoms with Crippen LogP contribution in [-0.4, -0.2) is 47.5 Å². The molecule has 3 heterocycles. The zero-order valence-corrected chi connectivity index (χ0v) is 17.4. The molecule has 6 nitrogen and oxygen atoms in total. The van der Waals surface area contributed by atoms with Gasteiger partial charge in [-0.05, 0) is 25.5 Å². The predicted molar refractivity (Wildman–Crippen MR) is 108 cm³/mol. The molecule has 144 valence electrons. The normalized spacial score (nSPS) is 17.8. The number of halogens is 2. The lowest BCUT2D eigenvalue weighted by Crippen LogP contribution is -2.48. The van der Waals surface area contributed by atoms with Gasteiger partial charge in [-0.2, -0.15) is 0 Å². The van der Waals surface area contributed by atoms with Gasteiger partial charge in [-0.1, -0.05) is 6.07 Å². The molecule has 2 atom stereocenters. The van der Waals surface area contributed by atoms with Crippen LogP contribution in [0, 0.1) is 6.92 Å². The van der Waals surface area contributed by atoms with E-state index in [0.717, 1.165) is 29.4 Å². The molecule has 1 amide bonds. The zero-order valence-electron chi connectivity index (χ0n) is 15.0. The van der Waals surface area contributed by atoms with Crippen molar-refractivity contribution in [3.63, 3.8) is 0 Å². The Morgan fingerprint density at radius 2 is 2.23 bits per heavy atom. The molecule has 0 saturated carbocycles. The van der Waals surface area contributed by atoms with Crippen molar-refractivity contribution >= 4 is 42.1 Å². The fourth-order valence-electron chi connectivity index (χ4n) is 2.84. The Morgan fingerprint density at radius 1 is 1.46 bits per heavy atom. The number of hydrogen-bond donors (Lipinski definition) is 1. The molecule has 0 radical (unpaired) electrons. The maximum Gasteiger partial charge on any atom is 0.266 e. The number of rotatable bonds is 4. The molecule has 1 N–H and O–H groups in total. The highest BCUT2D eigenvalue weighted by Gasteiger charge is 2.31. The SMILES string of the molecule is COC(C)c1nc(C)c(C(=O)N2CCNCC2c2cccnc2)s1.Cl.Cl. The Labute approximate surface area is 170 Å². The number of nitrogens with one attached hydrogen (secondary N) is 1. The van der Waals surface area contributed by atoms with E-state index in [9.17, 15) is 4.79 Å². The number of nitrogens with zero attached hydrogens (tertiary/aromatic N) is 3. The van der Waals surface area contributed by atoms with Gasteiger partial charge in [0.05, 0.1) is 11.7 Å². The summed E-state index contributed by atoms with van der Waals surface area (Å²) in [5.74, 6) is 0.0370. The van der Waals surface area contributed by atoms with Crippen LogP contribution in [0.4, 0.5) is 0 Å². The molecule has 1 aliphatic rings. The Kier molecular flexibility index (Phi) is 8.92. The van der Waals surface area contributed by atoms with Crippen molar-refractivity contribution in [1.29, 1.82) is 0 Å². The van der Waals surface area contributed by atoms with Crippen molar-refractivity contribution in [2.24, 2.45) is 0 Å². The minimum Gasteiger partial charge on any atom is -0.375 e. The topological polar surface area (TPSA) is 67.3 Å². The van der Waals surface area contributed by atoms with E-state index in [-0.39, 0.29) is 42.9 Å². The number of aromatic nitrogens is 2. The van der Waals surface area contributed by atoms with E-state index in [1.165, 1.54) is 11.3 Å². The van der Waals surface area contributed by atoms with Crippen LogP contribution in [0.2, 0.25) is 0 Å². The molecule has 9 heteroatoms. The Bertz CT molecular complexity index is 714. The quantitative estimate of drug-likeness (QED) is 0.825. The van der Waals surface area contributed by atoms with E-state index in [1.54, 1.807) is 13.3 Å². The smallest absolute Gasteiger partial charge is 0.266 e. The van der Waals surface area contributed by atoms with Gasteiger partial charge in [-0.3, -0.25) is 9.78 Å². The predicted octanol–water partition coefficient (Wildman–Crippen LogP) is 3.18. The number of piperazine rings is 1. The molecule has 3 rings (SSSR count). The molecule has 0 spiro atoms. The molecule has 2 aromatic heterocycles. The van der Waals surface area contributed by atoms with Crippen LogP contribution in [0.5, 0.6) is 0 Å². The van der Waals surface area contributed by atoms with Crippen molar-refractivity contribution in [2.45, 2.75) is 26.0 Å². The Morgan fingerprint density at radius 3 is 2.88 bits per heavy atom. The van der Waals surface area contributed by atoms with E-state index < -0.39 is 0 Å². The molecule has 2 aromatic rings. The van der Waals surface area contributed by atoms with E-state index in [4.69, 9.17) is 4.74 Å². The number of carbonyl (C=O) groups excluding carboxylic acids is 1. The first-order valence-corrected chi connectivity index (χ1v) is 8.85. The lowest BCUT2D eigenvalue weighted by Gasteiger charge is -2.36. The summed E-state index contributed by atoms with van der Waals surface area (Å²) < 4.78 is 5.32. The summed E-state index contributed by atoms with van der Waals surface area (Å²) in [6.45, 7) is 6.02. The van der Waals surface area contributed by atoms with Crippen LogP contribution in [0.3, 0.4) is 0 Å². The fourth-order valence-corrected chi connectivity index (χ4v) is 3.89. The summed E-state index contributed by atoms with van der Waals surface area (Å²) in [5, 5.41) is 4.20. The van der Waals surface area contributed by atoms with E-state index in [1.807, 2.05) is 37.1 Å². The molecule has 26 heavy (non-hydrogen) atoms. The highest BCUT2D eigenvalue weighted by atomic mass is 35.5. The number of methoxy groups -OCH3 is 1. The van der Waals surface area contributed by atoms with Gasteiger partial charge in [0.15, 0.2) is 0 Å². The third kappa shape index (κ3) is 4.72. The van der Waals surface area contributed by atoms with Crippen molar-refractivity contribution in [3.05, 3.63) is 45.7 Å². The van der Waals surface area contributed by atoms with Gasteiger partial charge in [-0.15, -0.1) is 36.2 Å². The zero-order chi connectivity index (χ0) is 17.1. The summed E-state index contributed by atoms with van der Waals surface area (Å²) in [7, 11) is 1.65. The summed E-state index contributed by atoms with van der Waals surface area (Å²) in [6, 6.07) is 3.91. The molecule has 0 bridgehead atoms. The van der Waals surface area contributed by atoms with Gasteiger partial charge in [-0.25, -0.2) is 4.98 Å². The van der Waals surface area contributed by atoms with Crippen LogP contribution in [0.25, 0.3) is 0 Å².